The summed E-state index contributed by atoms with van der Waals surface area (Å²) in [6, 6.07) is 0. The number of ether oxygens (including phenoxy) is 7. The van der Waals surface area contributed by atoms with Crippen LogP contribution in [0.2, 0.25) is 0 Å². The highest BCUT2D eigenvalue weighted by atomic mass is 16.8. The van der Waals surface area contributed by atoms with Crippen LogP contribution >= 0.6 is 0 Å². The number of allylic oxidation sites excluding steroid dienone is 2. The summed E-state index contributed by atoms with van der Waals surface area (Å²) in [6.45, 7) is 20.5. The van der Waals surface area contributed by atoms with Crippen LogP contribution in [0.15, 0.2) is 23.0 Å². The summed E-state index contributed by atoms with van der Waals surface area (Å²) in [5, 5.41) is 0. The quantitative estimate of drug-likeness (QED) is 0.0343. The monoisotopic (exact) mass is 839 g/mol. The van der Waals surface area contributed by atoms with Crippen molar-refractivity contribution in [1.82, 2.24) is 0 Å². The van der Waals surface area contributed by atoms with E-state index in [9.17, 15) is 0 Å². The Morgan fingerprint density at radius 2 is 0.542 bits per heavy atom. The highest BCUT2D eigenvalue weighted by molar-refractivity contribution is 5.09. The summed E-state index contributed by atoms with van der Waals surface area (Å²) < 4.78 is 46.2. The molecule has 0 aliphatic heterocycles. The van der Waals surface area contributed by atoms with Crippen LogP contribution in [0, 0.1) is 0 Å². The van der Waals surface area contributed by atoms with Crippen LogP contribution in [-0.4, -0.2) is 52.2 Å². The fourth-order valence-corrected chi connectivity index (χ4v) is 7.56. The first-order chi connectivity index (χ1) is 29.1. The second-order valence-corrected chi connectivity index (χ2v) is 16.5. The van der Waals surface area contributed by atoms with Gasteiger partial charge in [-0.2, -0.15) is 0 Å². The van der Waals surface area contributed by atoms with Crippen molar-refractivity contribution in [1.29, 1.82) is 0 Å². The minimum absolute atomic E-state index is 0.490. The molecule has 2 unspecified atom stereocenters. The molecule has 59 heavy (non-hydrogen) atoms. The Morgan fingerprint density at radius 1 is 0.288 bits per heavy atom. The van der Waals surface area contributed by atoms with E-state index in [-0.39, 0.29) is 0 Å². The van der Waals surface area contributed by atoms with Crippen molar-refractivity contribution in [3.63, 3.8) is 0 Å². The molecule has 0 saturated carbocycles. The topological polar surface area (TPSA) is 64.6 Å². The average Bonchev–Trinajstić information content (AvgIpc) is 3.24. The highest BCUT2D eigenvalue weighted by Crippen LogP contribution is 2.29. The second-order valence-electron chi connectivity index (χ2n) is 16.5. The molecular formula is C52H102O7. The normalized spacial score (nSPS) is 13.6. The summed E-state index contributed by atoms with van der Waals surface area (Å²) in [5.41, 5.74) is 0. The molecular weight excluding hydrogens is 737 g/mol. The van der Waals surface area contributed by atoms with Crippen LogP contribution in [0.3, 0.4) is 0 Å². The van der Waals surface area contributed by atoms with Gasteiger partial charge in [0, 0.05) is 12.8 Å². The van der Waals surface area contributed by atoms with Gasteiger partial charge in [-0.05, 0) is 53.4 Å². The molecule has 0 radical (unpaired) electrons. The largest absolute Gasteiger partial charge is 0.495 e. The van der Waals surface area contributed by atoms with Crippen LogP contribution in [0.25, 0.3) is 0 Å². The van der Waals surface area contributed by atoms with Gasteiger partial charge in [0.1, 0.15) is 11.5 Å². The Balaban J connectivity index is 6.42. The molecule has 0 saturated heterocycles. The maximum absolute atomic E-state index is 7.02. The molecule has 0 aromatic heterocycles. The minimum Gasteiger partial charge on any atom is -0.495 e. The molecule has 0 heterocycles. The van der Waals surface area contributed by atoms with Crippen LogP contribution in [0.1, 0.15) is 261 Å². The highest BCUT2D eigenvalue weighted by Gasteiger charge is 2.32. The molecule has 0 aliphatic rings. The Morgan fingerprint density at radius 3 is 0.814 bits per heavy atom. The van der Waals surface area contributed by atoms with E-state index in [0.717, 1.165) is 62.9 Å². The Labute approximate surface area is 368 Å². The van der Waals surface area contributed by atoms with E-state index in [0.29, 0.717) is 51.2 Å². The van der Waals surface area contributed by atoms with Gasteiger partial charge < -0.3 is 33.2 Å². The lowest BCUT2D eigenvalue weighted by Gasteiger charge is -2.30. The third-order valence-electron chi connectivity index (χ3n) is 11.0. The Hall–Kier alpha value is -1.44. The molecule has 0 amide bonds. The summed E-state index contributed by atoms with van der Waals surface area (Å²) in [4.78, 5) is 0. The van der Waals surface area contributed by atoms with Gasteiger partial charge in [-0.1, -0.05) is 195 Å². The lowest BCUT2D eigenvalue weighted by molar-refractivity contribution is -0.242. The average molecular weight is 839 g/mol. The number of hydrogen-bond donors (Lipinski definition) is 0. The van der Waals surface area contributed by atoms with E-state index in [1.54, 1.807) is 0 Å². The molecule has 0 bridgehead atoms. The zero-order chi connectivity index (χ0) is 43.3. The third kappa shape index (κ3) is 33.8. The number of unbranched alkanes of at least 4 members (excludes halogenated alkanes) is 26. The molecule has 0 spiro atoms. The van der Waals surface area contributed by atoms with Gasteiger partial charge in [-0.15, -0.1) is 0 Å². The maximum Gasteiger partial charge on any atom is 0.223 e. The van der Waals surface area contributed by atoms with E-state index in [1.165, 1.54) is 154 Å². The van der Waals surface area contributed by atoms with Crippen LogP contribution in [0.5, 0.6) is 0 Å². The minimum atomic E-state index is -0.799. The molecule has 0 aliphatic carbocycles. The van der Waals surface area contributed by atoms with Gasteiger partial charge in [0.2, 0.25) is 12.6 Å². The zero-order valence-electron chi connectivity index (χ0n) is 40.9. The van der Waals surface area contributed by atoms with Crippen molar-refractivity contribution in [3.05, 3.63) is 23.0 Å². The van der Waals surface area contributed by atoms with Gasteiger partial charge in [0.15, 0.2) is 11.5 Å². The predicted molar refractivity (Wildman–Crippen MR) is 252 cm³/mol. The van der Waals surface area contributed by atoms with Gasteiger partial charge >= 0.3 is 0 Å². The molecule has 0 fully saturated rings. The van der Waals surface area contributed by atoms with Crippen molar-refractivity contribution in [2.45, 2.75) is 273 Å². The molecule has 7 heteroatoms. The first-order valence-corrected chi connectivity index (χ1v) is 25.9. The van der Waals surface area contributed by atoms with E-state index in [2.05, 4.69) is 41.5 Å². The van der Waals surface area contributed by atoms with Gasteiger partial charge in [-0.3, -0.25) is 0 Å². The van der Waals surface area contributed by atoms with Crippen LogP contribution < -0.4 is 0 Å². The fourth-order valence-electron chi connectivity index (χ4n) is 7.56. The number of hydrogen-bond acceptors (Lipinski definition) is 7. The Kier molecular flexibility index (Phi) is 44.9. The first kappa shape index (κ1) is 57.6. The molecule has 7 nitrogen and oxygen atoms in total. The smallest absolute Gasteiger partial charge is 0.223 e. The van der Waals surface area contributed by atoms with Crippen molar-refractivity contribution in [2.24, 2.45) is 0 Å². The van der Waals surface area contributed by atoms with Crippen molar-refractivity contribution >= 4 is 0 Å². The van der Waals surface area contributed by atoms with Crippen LogP contribution in [0.4, 0.5) is 0 Å². The molecule has 0 aromatic rings. The summed E-state index contributed by atoms with van der Waals surface area (Å²) in [5.74, 6) is 2.94. The van der Waals surface area contributed by atoms with Crippen molar-refractivity contribution in [3.8, 4) is 0 Å². The third-order valence-corrected chi connectivity index (χ3v) is 11.0. The number of rotatable bonds is 48. The molecule has 0 aromatic carbocycles. The van der Waals surface area contributed by atoms with Crippen molar-refractivity contribution < 1.29 is 33.2 Å². The summed E-state index contributed by atoms with van der Waals surface area (Å²) in [6.07, 6.45) is 37.3. The SMILES string of the molecule is CCCCCCCCCCCCC(OCC)=C(OCC)C(OCCCCCCC)OC(OCCCCCCC)C(OCC)=C(CCCCCCCCCCCC)OCC. The van der Waals surface area contributed by atoms with Gasteiger partial charge in [0.05, 0.1) is 39.6 Å². The molecule has 352 valence electrons. The summed E-state index contributed by atoms with van der Waals surface area (Å²) >= 11 is 0. The van der Waals surface area contributed by atoms with E-state index in [4.69, 9.17) is 33.2 Å². The zero-order valence-corrected chi connectivity index (χ0v) is 40.9. The van der Waals surface area contributed by atoms with Gasteiger partial charge in [-0.25, -0.2) is 0 Å². The van der Waals surface area contributed by atoms with E-state index < -0.39 is 12.6 Å². The molecule has 0 rings (SSSR count). The van der Waals surface area contributed by atoms with Gasteiger partial charge in [0.25, 0.3) is 0 Å². The van der Waals surface area contributed by atoms with E-state index in [1.807, 2.05) is 13.8 Å². The maximum atomic E-state index is 7.02. The lowest BCUT2D eigenvalue weighted by atomic mass is 10.1. The second kappa shape index (κ2) is 46.1. The summed E-state index contributed by atoms with van der Waals surface area (Å²) in [7, 11) is 0. The van der Waals surface area contributed by atoms with Crippen LogP contribution in [-0.2, 0) is 33.2 Å². The molecule has 0 N–H and O–H groups in total. The fraction of sp³-hybridized carbons (Fsp3) is 0.923. The van der Waals surface area contributed by atoms with E-state index >= 15 is 0 Å². The molecule has 2 atom stereocenters. The standard InChI is InChI=1S/C52H102O7/c1-9-17-21-25-27-29-31-33-35-39-43-47(53-13-5)49(55-15-7)51(57-45-41-37-23-19-11-3)59-52(58-46-42-38-24-20-12-4)50(56-16-8)48(54-14-6)44-40-36-34-32-30-28-26-22-18-10-2/h51-52H,9-46H2,1-8H3. The Bertz CT molecular complexity index is 847. The first-order valence-electron chi connectivity index (χ1n) is 25.9. The lowest BCUT2D eigenvalue weighted by Crippen LogP contribution is -2.34. The predicted octanol–water partition coefficient (Wildman–Crippen LogP) is 16.8. The van der Waals surface area contributed by atoms with Crippen molar-refractivity contribution in [2.75, 3.05) is 39.6 Å².